The highest BCUT2D eigenvalue weighted by Gasteiger charge is 2.25. The van der Waals surface area contributed by atoms with Crippen molar-refractivity contribution in [2.75, 3.05) is 0 Å². The molecule has 1 aliphatic rings. The van der Waals surface area contributed by atoms with E-state index in [0.29, 0.717) is 16.5 Å². The first-order valence-corrected chi connectivity index (χ1v) is 10.3. The Morgan fingerprint density at radius 1 is 1.03 bits per heavy atom. The highest BCUT2D eigenvalue weighted by Crippen LogP contribution is 2.41. The Morgan fingerprint density at radius 3 is 2.66 bits per heavy atom. The molecule has 2 nitrogen and oxygen atoms in total. The molecular formula is C24H15ClFNOS. The van der Waals surface area contributed by atoms with Crippen molar-refractivity contribution in [1.82, 2.24) is 4.57 Å². The van der Waals surface area contributed by atoms with E-state index < -0.39 is 0 Å². The number of hydrogen-bond donors (Lipinski definition) is 0. The molecule has 0 fully saturated rings. The third-order valence-electron chi connectivity index (χ3n) is 5.04. The number of fused-ring (bicyclic) bond motifs is 2. The van der Waals surface area contributed by atoms with Crippen LogP contribution in [0.3, 0.4) is 0 Å². The second-order valence-corrected chi connectivity index (χ2v) is 8.39. The van der Waals surface area contributed by atoms with E-state index in [2.05, 4.69) is 4.57 Å². The van der Waals surface area contributed by atoms with Crippen LogP contribution < -0.4 is 0 Å². The molecule has 0 saturated carbocycles. The highest BCUT2D eigenvalue weighted by atomic mass is 35.5. The van der Waals surface area contributed by atoms with Gasteiger partial charge >= 0.3 is 0 Å². The zero-order chi connectivity index (χ0) is 20.0. The highest BCUT2D eigenvalue weighted by molar-refractivity contribution is 8.04. The zero-order valence-electron chi connectivity index (χ0n) is 15.2. The molecule has 142 valence electrons. The topological polar surface area (TPSA) is 22.0 Å². The molecule has 5 rings (SSSR count). The number of halogens is 2. The van der Waals surface area contributed by atoms with Crippen molar-refractivity contribution < 1.29 is 9.18 Å². The van der Waals surface area contributed by atoms with Gasteiger partial charge in [0.15, 0.2) is 0 Å². The zero-order valence-corrected chi connectivity index (χ0v) is 16.8. The minimum atomic E-state index is -0.349. The molecule has 0 spiro atoms. The summed E-state index contributed by atoms with van der Waals surface area (Å²) in [7, 11) is 0. The van der Waals surface area contributed by atoms with E-state index >= 15 is 0 Å². The summed E-state index contributed by atoms with van der Waals surface area (Å²) in [5.74, 6) is -0.290. The Balaban J connectivity index is 1.57. The number of ketones is 1. The van der Waals surface area contributed by atoms with Crippen LogP contribution in [0, 0.1) is 5.82 Å². The van der Waals surface area contributed by atoms with E-state index in [1.165, 1.54) is 23.9 Å². The van der Waals surface area contributed by atoms with Crippen LogP contribution in [0.25, 0.3) is 17.0 Å². The molecule has 5 heteroatoms. The van der Waals surface area contributed by atoms with Gasteiger partial charge in [-0.1, -0.05) is 59.8 Å². The fourth-order valence-electron chi connectivity index (χ4n) is 3.63. The summed E-state index contributed by atoms with van der Waals surface area (Å²) in [6.45, 7) is 0.518. The number of aromatic nitrogens is 1. The number of allylic oxidation sites excluding steroid dienone is 1. The normalized spacial score (nSPS) is 14.7. The lowest BCUT2D eigenvalue weighted by Crippen LogP contribution is -1.99. The lowest BCUT2D eigenvalue weighted by molar-refractivity contribution is 0.104. The van der Waals surface area contributed by atoms with E-state index in [9.17, 15) is 9.18 Å². The predicted octanol–water partition coefficient (Wildman–Crippen LogP) is 6.81. The Kier molecular flexibility index (Phi) is 4.53. The van der Waals surface area contributed by atoms with Crippen molar-refractivity contribution >= 4 is 46.1 Å². The molecule has 0 N–H and O–H groups in total. The fraction of sp³-hybridized carbons (Fsp3) is 0.0417. The number of carbonyl (C=O) groups excluding carboxylic acids is 1. The molecule has 0 aliphatic carbocycles. The molecule has 0 radical (unpaired) electrons. The minimum absolute atomic E-state index is 0.0593. The standard InChI is InChI=1S/C24H15ClFNOS/c25-20-12-17(26)10-9-15(20)13-27-14-16(18-5-1-3-7-21(18)27)11-23-24(28)19-6-2-4-8-22(19)29-23/h1-12,14H,13H2/b23-11+. The first-order valence-electron chi connectivity index (χ1n) is 9.15. The number of para-hydroxylation sites is 1. The van der Waals surface area contributed by atoms with Gasteiger partial charge in [-0.15, -0.1) is 0 Å². The Morgan fingerprint density at radius 2 is 1.83 bits per heavy atom. The Hall–Kier alpha value is -2.82. The SMILES string of the molecule is O=C1/C(=C\c2cn(Cc3ccc(F)cc3Cl)c3ccccc23)Sc2ccccc21. The molecule has 1 aliphatic heterocycles. The summed E-state index contributed by atoms with van der Waals surface area (Å²) in [4.78, 5) is 14.5. The second kappa shape index (κ2) is 7.21. The van der Waals surface area contributed by atoms with E-state index in [1.54, 1.807) is 6.07 Å². The molecule has 3 aromatic carbocycles. The fourth-order valence-corrected chi connectivity index (χ4v) is 4.90. The molecule has 29 heavy (non-hydrogen) atoms. The molecule has 0 unspecified atom stereocenters. The van der Waals surface area contributed by atoms with E-state index in [0.717, 1.165) is 32.5 Å². The van der Waals surface area contributed by atoms with Gasteiger partial charge in [-0.3, -0.25) is 4.79 Å². The molecule has 0 saturated heterocycles. The van der Waals surface area contributed by atoms with Crippen LogP contribution in [-0.2, 0) is 6.54 Å². The summed E-state index contributed by atoms with van der Waals surface area (Å²) in [5.41, 5.74) is 3.60. The third-order valence-corrected chi connectivity index (χ3v) is 6.49. The van der Waals surface area contributed by atoms with Crippen molar-refractivity contribution in [2.45, 2.75) is 11.4 Å². The third kappa shape index (κ3) is 3.28. The van der Waals surface area contributed by atoms with Crippen LogP contribution in [-0.4, -0.2) is 10.4 Å². The van der Waals surface area contributed by atoms with Crippen molar-refractivity contribution in [2.24, 2.45) is 0 Å². The molecule has 2 heterocycles. The predicted molar refractivity (Wildman–Crippen MR) is 117 cm³/mol. The molecule has 0 bridgehead atoms. The maximum absolute atomic E-state index is 13.4. The van der Waals surface area contributed by atoms with Crippen LogP contribution >= 0.6 is 23.4 Å². The van der Waals surface area contributed by atoms with Crippen LogP contribution in [0.4, 0.5) is 4.39 Å². The molecule has 0 amide bonds. The number of carbonyl (C=O) groups is 1. The van der Waals surface area contributed by atoms with Gasteiger partial charge in [0.2, 0.25) is 5.78 Å². The summed E-state index contributed by atoms with van der Waals surface area (Å²) in [6, 6.07) is 20.2. The number of thioether (sulfide) groups is 1. The van der Waals surface area contributed by atoms with E-state index in [-0.39, 0.29) is 11.6 Å². The van der Waals surface area contributed by atoms with Gasteiger partial charge in [-0.25, -0.2) is 4.39 Å². The summed E-state index contributed by atoms with van der Waals surface area (Å²) < 4.78 is 15.5. The molecule has 1 aromatic heterocycles. The van der Waals surface area contributed by atoms with Gasteiger partial charge in [0, 0.05) is 44.7 Å². The molecule has 4 aromatic rings. The van der Waals surface area contributed by atoms with Crippen molar-refractivity contribution in [3.8, 4) is 0 Å². The smallest absolute Gasteiger partial charge is 0.200 e. The number of Topliss-reactive ketones (excluding diaryl/α,β-unsaturated/α-hetero) is 1. The maximum Gasteiger partial charge on any atom is 0.200 e. The van der Waals surface area contributed by atoms with Gasteiger partial charge in [0.05, 0.1) is 4.91 Å². The minimum Gasteiger partial charge on any atom is -0.342 e. The van der Waals surface area contributed by atoms with Crippen LogP contribution in [0.1, 0.15) is 21.5 Å². The molecule has 0 atom stereocenters. The lowest BCUT2D eigenvalue weighted by Gasteiger charge is -2.07. The van der Waals surface area contributed by atoms with Crippen molar-refractivity contribution in [1.29, 1.82) is 0 Å². The largest absolute Gasteiger partial charge is 0.342 e. The average Bonchev–Trinajstić information content (AvgIpc) is 3.23. The first kappa shape index (κ1) is 18.2. The van der Waals surface area contributed by atoms with Gasteiger partial charge in [0.25, 0.3) is 0 Å². The summed E-state index contributed by atoms with van der Waals surface area (Å²) >= 11 is 7.74. The lowest BCUT2D eigenvalue weighted by atomic mass is 10.1. The van der Waals surface area contributed by atoms with Gasteiger partial charge in [-0.2, -0.15) is 0 Å². The summed E-state index contributed by atoms with van der Waals surface area (Å²) in [6.07, 6.45) is 3.98. The number of nitrogens with zero attached hydrogens (tertiary/aromatic N) is 1. The quantitative estimate of drug-likeness (QED) is 0.340. The number of hydrogen-bond acceptors (Lipinski definition) is 2. The first-order chi connectivity index (χ1) is 14.1. The maximum atomic E-state index is 13.4. The van der Waals surface area contributed by atoms with Gasteiger partial charge in [-0.05, 0) is 42.0 Å². The second-order valence-electron chi connectivity index (χ2n) is 6.90. The number of rotatable bonds is 3. The van der Waals surface area contributed by atoms with Gasteiger partial charge in [0.1, 0.15) is 5.82 Å². The average molecular weight is 420 g/mol. The van der Waals surface area contributed by atoms with E-state index in [4.69, 9.17) is 11.6 Å². The Labute approximate surface area is 176 Å². The van der Waals surface area contributed by atoms with E-state index in [1.807, 2.05) is 60.8 Å². The Bertz CT molecular complexity index is 1310. The van der Waals surface area contributed by atoms with Gasteiger partial charge < -0.3 is 4.57 Å². The van der Waals surface area contributed by atoms with Crippen molar-refractivity contribution in [3.05, 3.63) is 105 Å². The monoisotopic (exact) mass is 419 g/mol. The summed E-state index contributed by atoms with van der Waals surface area (Å²) in [5, 5.41) is 1.46. The van der Waals surface area contributed by atoms with Crippen LogP contribution in [0.5, 0.6) is 0 Å². The number of benzene rings is 3. The van der Waals surface area contributed by atoms with Crippen LogP contribution in [0.2, 0.25) is 5.02 Å². The van der Waals surface area contributed by atoms with Crippen molar-refractivity contribution in [3.63, 3.8) is 0 Å². The molecular weight excluding hydrogens is 405 g/mol. The van der Waals surface area contributed by atoms with Crippen LogP contribution in [0.15, 0.2) is 82.7 Å².